The van der Waals surface area contributed by atoms with Crippen molar-refractivity contribution in [2.75, 3.05) is 19.0 Å². The molecule has 1 saturated heterocycles. The molecule has 3 rings (SSSR count). The molecule has 0 aliphatic carbocycles. The minimum Gasteiger partial charge on any atom is -0.378 e. The van der Waals surface area contributed by atoms with Gasteiger partial charge in [-0.2, -0.15) is 0 Å². The number of nitrogens with zero attached hydrogens (tertiary/aromatic N) is 5. The van der Waals surface area contributed by atoms with Gasteiger partial charge in [0.2, 0.25) is 0 Å². The van der Waals surface area contributed by atoms with Crippen molar-refractivity contribution in [1.29, 1.82) is 0 Å². The highest BCUT2D eigenvalue weighted by molar-refractivity contribution is 5.88. The maximum absolute atomic E-state index is 12.5. The lowest BCUT2D eigenvalue weighted by Crippen LogP contribution is -2.40. The third kappa shape index (κ3) is 3.84. The van der Waals surface area contributed by atoms with Crippen molar-refractivity contribution in [1.82, 2.24) is 24.4 Å². The Morgan fingerprint density at radius 2 is 2.39 bits per heavy atom. The summed E-state index contributed by atoms with van der Waals surface area (Å²) in [5.74, 6) is 0.491. The predicted molar refractivity (Wildman–Crippen MR) is 83.7 cm³/mol. The second kappa shape index (κ2) is 7.19. The largest absolute Gasteiger partial charge is 0.378 e. The summed E-state index contributed by atoms with van der Waals surface area (Å²) < 4.78 is 7.04. The molecule has 0 unspecified atom stereocenters. The summed E-state index contributed by atoms with van der Waals surface area (Å²) in [5.41, 5.74) is 0.731. The number of aromatic nitrogens is 4. The van der Waals surface area contributed by atoms with Crippen LogP contribution in [-0.4, -0.2) is 50.1 Å². The molecule has 122 valence electrons. The number of anilines is 1. The lowest BCUT2D eigenvalue weighted by atomic mass is 10.2. The predicted octanol–water partition coefficient (Wildman–Crippen LogP) is 1.52. The van der Waals surface area contributed by atoms with E-state index in [0.29, 0.717) is 12.4 Å². The van der Waals surface area contributed by atoms with Crippen LogP contribution in [0.2, 0.25) is 0 Å². The van der Waals surface area contributed by atoms with Crippen LogP contribution in [0.4, 0.5) is 10.6 Å². The van der Waals surface area contributed by atoms with Crippen LogP contribution >= 0.6 is 0 Å². The van der Waals surface area contributed by atoms with E-state index in [1.54, 1.807) is 25.7 Å². The number of carbonyl (C=O) groups is 1. The van der Waals surface area contributed by atoms with Crippen molar-refractivity contribution in [2.45, 2.75) is 32.0 Å². The molecule has 0 saturated carbocycles. The lowest BCUT2D eigenvalue weighted by Gasteiger charge is -2.25. The maximum atomic E-state index is 12.5. The molecule has 0 bridgehead atoms. The number of methoxy groups -OCH3 is 1. The summed E-state index contributed by atoms with van der Waals surface area (Å²) in [6.45, 7) is 1.89. The number of amides is 2. The standard InChI is InChI=1S/C15H20N6O2/c1-23-9-12-7-14(18-10-17-12)19-15(22)21-5-2-3-13(21)8-20-6-4-16-11-20/h4,6-7,10-11,13H,2-3,5,8-9H2,1H3,(H,17,18,19,22)/t13-/m0/s1. The molecule has 1 aliphatic heterocycles. The van der Waals surface area contributed by atoms with Crippen LogP contribution in [-0.2, 0) is 17.9 Å². The number of likely N-dealkylation sites (tertiary alicyclic amines) is 1. The van der Waals surface area contributed by atoms with Gasteiger partial charge in [0.15, 0.2) is 0 Å². The van der Waals surface area contributed by atoms with E-state index in [4.69, 9.17) is 4.74 Å². The van der Waals surface area contributed by atoms with Gasteiger partial charge >= 0.3 is 6.03 Å². The van der Waals surface area contributed by atoms with Crippen molar-refractivity contribution < 1.29 is 9.53 Å². The topological polar surface area (TPSA) is 85.2 Å². The Morgan fingerprint density at radius 3 is 3.17 bits per heavy atom. The quantitative estimate of drug-likeness (QED) is 0.904. The Kier molecular flexibility index (Phi) is 4.82. The molecular formula is C15H20N6O2. The van der Waals surface area contributed by atoms with Crippen LogP contribution in [0.5, 0.6) is 0 Å². The number of nitrogens with one attached hydrogen (secondary N) is 1. The van der Waals surface area contributed by atoms with Gasteiger partial charge in [-0.1, -0.05) is 0 Å². The maximum Gasteiger partial charge on any atom is 0.323 e. The molecule has 1 fully saturated rings. The van der Waals surface area contributed by atoms with Gasteiger partial charge in [0.1, 0.15) is 12.1 Å². The molecule has 0 radical (unpaired) electrons. The van der Waals surface area contributed by atoms with Gasteiger partial charge in [-0.25, -0.2) is 19.7 Å². The first-order chi connectivity index (χ1) is 11.3. The summed E-state index contributed by atoms with van der Waals surface area (Å²) in [6, 6.07) is 1.77. The van der Waals surface area contributed by atoms with E-state index in [2.05, 4.69) is 20.3 Å². The zero-order valence-electron chi connectivity index (χ0n) is 13.1. The molecule has 2 amide bonds. The number of imidazole rings is 1. The molecule has 2 aromatic heterocycles. The van der Waals surface area contributed by atoms with E-state index in [9.17, 15) is 4.79 Å². The Labute approximate surface area is 134 Å². The first kappa shape index (κ1) is 15.4. The van der Waals surface area contributed by atoms with Crippen molar-refractivity contribution in [3.8, 4) is 0 Å². The molecular weight excluding hydrogens is 296 g/mol. The van der Waals surface area contributed by atoms with Crippen LogP contribution in [0.1, 0.15) is 18.5 Å². The zero-order valence-corrected chi connectivity index (χ0v) is 13.1. The first-order valence-corrected chi connectivity index (χ1v) is 7.59. The van der Waals surface area contributed by atoms with Crippen molar-refractivity contribution in [3.05, 3.63) is 36.8 Å². The summed E-state index contributed by atoms with van der Waals surface area (Å²) in [7, 11) is 1.60. The fraction of sp³-hybridized carbons (Fsp3) is 0.467. The first-order valence-electron chi connectivity index (χ1n) is 7.59. The van der Waals surface area contributed by atoms with E-state index < -0.39 is 0 Å². The second-order valence-electron chi connectivity index (χ2n) is 5.51. The Bertz CT molecular complexity index is 645. The third-order valence-corrected chi connectivity index (χ3v) is 3.87. The normalized spacial score (nSPS) is 17.4. The molecule has 0 aromatic carbocycles. The van der Waals surface area contributed by atoms with Gasteiger partial charge < -0.3 is 14.2 Å². The zero-order chi connectivity index (χ0) is 16.1. The van der Waals surface area contributed by atoms with E-state index in [-0.39, 0.29) is 12.1 Å². The minimum atomic E-state index is -0.130. The molecule has 23 heavy (non-hydrogen) atoms. The van der Waals surface area contributed by atoms with Gasteiger partial charge in [-0.3, -0.25) is 5.32 Å². The molecule has 1 atom stereocenters. The highest BCUT2D eigenvalue weighted by Crippen LogP contribution is 2.20. The summed E-state index contributed by atoms with van der Waals surface area (Å²) in [5, 5.41) is 2.85. The van der Waals surface area contributed by atoms with Crippen molar-refractivity contribution >= 4 is 11.8 Å². The molecule has 1 aliphatic rings. The van der Waals surface area contributed by atoms with Crippen LogP contribution in [0.25, 0.3) is 0 Å². The SMILES string of the molecule is COCc1cc(NC(=O)N2CCC[C@H]2Cn2ccnc2)ncn1. The average Bonchev–Trinajstić information content (AvgIpc) is 3.20. The van der Waals surface area contributed by atoms with E-state index in [1.807, 2.05) is 15.7 Å². The molecule has 1 N–H and O–H groups in total. The Hall–Kier alpha value is -2.48. The lowest BCUT2D eigenvalue weighted by molar-refractivity contribution is 0.181. The smallest absolute Gasteiger partial charge is 0.323 e. The second-order valence-corrected chi connectivity index (χ2v) is 5.51. The van der Waals surface area contributed by atoms with Crippen LogP contribution in [0.15, 0.2) is 31.1 Å². The van der Waals surface area contributed by atoms with Gasteiger partial charge in [-0.05, 0) is 12.8 Å². The molecule has 8 nitrogen and oxygen atoms in total. The Balaban J connectivity index is 1.63. The average molecular weight is 316 g/mol. The van der Waals surface area contributed by atoms with E-state index in [1.165, 1.54) is 6.33 Å². The Morgan fingerprint density at radius 1 is 1.48 bits per heavy atom. The molecule has 3 heterocycles. The van der Waals surface area contributed by atoms with Crippen LogP contribution in [0, 0.1) is 0 Å². The molecule has 0 spiro atoms. The molecule has 2 aromatic rings. The van der Waals surface area contributed by atoms with Crippen molar-refractivity contribution in [2.24, 2.45) is 0 Å². The number of carbonyl (C=O) groups excluding carboxylic acids is 1. The number of rotatable bonds is 5. The number of hydrogen-bond acceptors (Lipinski definition) is 5. The fourth-order valence-electron chi connectivity index (χ4n) is 2.81. The van der Waals surface area contributed by atoms with E-state index in [0.717, 1.165) is 31.6 Å². The highest BCUT2D eigenvalue weighted by atomic mass is 16.5. The molecule has 8 heteroatoms. The summed E-state index contributed by atoms with van der Waals surface area (Å²) >= 11 is 0. The van der Waals surface area contributed by atoms with Gasteiger partial charge in [0.05, 0.1) is 24.7 Å². The van der Waals surface area contributed by atoms with Gasteiger partial charge in [-0.15, -0.1) is 0 Å². The number of hydrogen-bond donors (Lipinski definition) is 1. The van der Waals surface area contributed by atoms with Crippen LogP contribution < -0.4 is 5.32 Å². The van der Waals surface area contributed by atoms with Crippen molar-refractivity contribution in [3.63, 3.8) is 0 Å². The monoisotopic (exact) mass is 316 g/mol. The van der Waals surface area contributed by atoms with Gasteiger partial charge in [0, 0.05) is 38.7 Å². The summed E-state index contributed by atoms with van der Waals surface area (Å²) in [4.78, 5) is 26.6. The van der Waals surface area contributed by atoms with Crippen LogP contribution in [0.3, 0.4) is 0 Å². The van der Waals surface area contributed by atoms with Gasteiger partial charge in [0.25, 0.3) is 0 Å². The summed E-state index contributed by atoms with van der Waals surface area (Å²) in [6.07, 6.45) is 8.86. The van der Waals surface area contributed by atoms with E-state index >= 15 is 0 Å². The number of ether oxygens (including phenoxy) is 1. The number of urea groups is 1. The fourth-order valence-corrected chi connectivity index (χ4v) is 2.81. The minimum absolute atomic E-state index is 0.130. The third-order valence-electron chi connectivity index (χ3n) is 3.87. The highest BCUT2D eigenvalue weighted by Gasteiger charge is 2.29.